The summed E-state index contributed by atoms with van der Waals surface area (Å²) in [5, 5.41) is 13.0. The SMILES string of the molecule is CCOc1ccc(-c2noc(CN3CCC(C(=O)O)C3)n2)cc1.Cl. The van der Waals surface area contributed by atoms with Crippen LogP contribution in [-0.2, 0) is 11.3 Å². The van der Waals surface area contributed by atoms with Crippen LogP contribution in [0.25, 0.3) is 11.4 Å². The largest absolute Gasteiger partial charge is 0.494 e. The van der Waals surface area contributed by atoms with Gasteiger partial charge in [-0.2, -0.15) is 4.98 Å². The lowest BCUT2D eigenvalue weighted by molar-refractivity contribution is -0.141. The fourth-order valence-corrected chi connectivity index (χ4v) is 2.67. The fourth-order valence-electron chi connectivity index (χ4n) is 2.67. The molecule has 1 N–H and O–H groups in total. The minimum absolute atomic E-state index is 0. The van der Waals surface area contributed by atoms with Gasteiger partial charge >= 0.3 is 5.97 Å². The van der Waals surface area contributed by atoms with Gasteiger partial charge in [-0.05, 0) is 44.2 Å². The molecule has 1 fully saturated rings. The van der Waals surface area contributed by atoms with Crippen LogP contribution in [-0.4, -0.2) is 45.8 Å². The molecule has 2 heterocycles. The van der Waals surface area contributed by atoms with E-state index >= 15 is 0 Å². The molecule has 1 unspecified atom stereocenters. The number of likely N-dealkylation sites (tertiary alicyclic amines) is 1. The van der Waals surface area contributed by atoms with Crippen molar-refractivity contribution in [3.8, 4) is 17.1 Å². The van der Waals surface area contributed by atoms with Crippen molar-refractivity contribution < 1.29 is 19.2 Å². The second-order valence-electron chi connectivity index (χ2n) is 5.53. The van der Waals surface area contributed by atoms with E-state index in [4.69, 9.17) is 14.4 Å². The third kappa shape index (κ3) is 4.24. The monoisotopic (exact) mass is 353 g/mol. The predicted octanol–water partition coefficient (Wildman–Crippen LogP) is 2.46. The zero-order valence-electron chi connectivity index (χ0n) is 13.3. The first-order chi connectivity index (χ1) is 11.2. The molecule has 0 spiro atoms. The maximum atomic E-state index is 11.0. The number of benzene rings is 1. The molecule has 1 aliphatic rings. The summed E-state index contributed by atoms with van der Waals surface area (Å²) < 4.78 is 10.7. The fraction of sp³-hybridized carbons (Fsp3) is 0.438. The van der Waals surface area contributed by atoms with Gasteiger partial charge in [-0.1, -0.05) is 5.16 Å². The van der Waals surface area contributed by atoms with Gasteiger partial charge in [-0.3, -0.25) is 9.69 Å². The van der Waals surface area contributed by atoms with E-state index in [2.05, 4.69) is 10.1 Å². The van der Waals surface area contributed by atoms with E-state index in [0.717, 1.165) is 17.9 Å². The number of carboxylic acid groups (broad SMARTS) is 1. The van der Waals surface area contributed by atoms with Crippen LogP contribution < -0.4 is 4.74 Å². The number of rotatable bonds is 6. The Morgan fingerprint density at radius 3 is 2.79 bits per heavy atom. The van der Waals surface area contributed by atoms with Crippen molar-refractivity contribution in [1.82, 2.24) is 15.0 Å². The number of carbonyl (C=O) groups is 1. The molecule has 1 aliphatic heterocycles. The van der Waals surface area contributed by atoms with E-state index in [1.54, 1.807) is 0 Å². The number of carboxylic acids is 1. The van der Waals surface area contributed by atoms with Gasteiger partial charge < -0.3 is 14.4 Å². The first-order valence-corrected chi connectivity index (χ1v) is 7.66. The maximum Gasteiger partial charge on any atom is 0.307 e. The molecule has 1 aromatic carbocycles. The predicted molar refractivity (Wildman–Crippen MR) is 89.2 cm³/mol. The van der Waals surface area contributed by atoms with Crippen LogP contribution in [0.2, 0.25) is 0 Å². The summed E-state index contributed by atoms with van der Waals surface area (Å²) >= 11 is 0. The summed E-state index contributed by atoms with van der Waals surface area (Å²) in [7, 11) is 0. The molecule has 1 aromatic heterocycles. The molecule has 1 saturated heterocycles. The first kappa shape index (κ1) is 18.2. The second kappa shape index (κ2) is 8.12. The number of hydrogen-bond acceptors (Lipinski definition) is 6. The topological polar surface area (TPSA) is 88.7 Å². The van der Waals surface area contributed by atoms with Gasteiger partial charge in [0.05, 0.1) is 19.1 Å². The Kier molecular flexibility index (Phi) is 6.16. The van der Waals surface area contributed by atoms with Crippen molar-refractivity contribution in [3.05, 3.63) is 30.2 Å². The van der Waals surface area contributed by atoms with Crippen molar-refractivity contribution in [3.63, 3.8) is 0 Å². The van der Waals surface area contributed by atoms with Crippen molar-refractivity contribution in [1.29, 1.82) is 0 Å². The Balaban J connectivity index is 0.00000208. The van der Waals surface area contributed by atoms with E-state index in [0.29, 0.717) is 37.8 Å². The zero-order valence-corrected chi connectivity index (χ0v) is 14.2. The van der Waals surface area contributed by atoms with E-state index in [1.807, 2.05) is 36.1 Å². The average molecular weight is 354 g/mol. The second-order valence-corrected chi connectivity index (χ2v) is 5.53. The summed E-state index contributed by atoms with van der Waals surface area (Å²) in [4.78, 5) is 17.4. The Morgan fingerprint density at radius 1 is 1.42 bits per heavy atom. The van der Waals surface area contributed by atoms with Crippen LogP contribution in [0.3, 0.4) is 0 Å². The van der Waals surface area contributed by atoms with Crippen LogP contribution in [0.1, 0.15) is 19.2 Å². The standard InChI is InChI=1S/C16H19N3O4.ClH/c1-2-22-13-5-3-11(4-6-13)15-17-14(23-18-15)10-19-8-7-12(9-19)16(20)21;/h3-6,12H,2,7-10H2,1H3,(H,20,21);1H. The summed E-state index contributed by atoms with van der Waals surface area (Å²) in [6.07, 6.45) is 0.662. The molecule has 0 aliphatic carbocycles. The van der Waals surface area contributed by atoms with Gasteiger partial charge in [0, 0.05) is 12.1 Å². The molecule has 130 valence electrons. The molecule has 8 heteroatoms. The molecule has 2 aromatic rings. The van der Waals surface area contributed by atoms with Gasteiger partial charge in [-0.15, -0.1) is 12.4 Å². The summed E-state index contributed by atoms with van der Waals surface area (Å²) in [5.41, 5.74) is 0.855. The summed E-state index contributed by atoms with van der Waals surface area (Å²) in [6, 6.07) is 7.51. The van der Waals surface area contributed by atoms with Crippen molar-refractivity contribution >= 4 is 18.4 Å². The highest BCUT2D eigenvalue weighted by atomic mass is 35.5. The van der Waals surface area contributed by atoms with Crippen molar-refractivity contribution in [2.75, 3.05) is 19.7 Å². The van der Waals surface area contributed by atoms with Crippen LogP contribution >= 0.6 is 12.4 Å². The number of aliphatic carboxylic acids is 1. The van der Waals surface area contributed by atoms with Gasteiger partial charge in [0.2, 0.25) is 11.7 Å². The average Bonchev–Trinajstić information content (AvgIpc) is 3.18. The molecule has 0 radical (unpaired) electrons. The van der Waals surface area contributed by atoms with Crippen LogP contribution in [0.15, 0.2) is 28.8 Å². The lowest BCUT2D eigenvalue weighted by atomic mass is 10.1. The molecule has 0 saturated carbocycles. The number of hydrogen-bond donors (Lipinski definition) is 1. The molecular weight excluding hydrogens is 334 g/mol. The molecule has 24 heavy (non-hydrogen) atoms. The van der Waals surface area contributed by atoms with Crippen molar-refractivity contribution in [2.45, 2.75) is 19.9 Å². The Hall–Kier alpha value is -2.12. The van der Waals surface area contributed by atoms with E-state index < -0.39 is 5.97 Å². The van der Waals surface area contributed by atoms with E-state index in [-0.39, 0.29) is 18.3 Å². The maximum absolute atomic E-state index is 11.0. The Labute approximate surface area is 146 Å². The lowest BCUT2D eigenvalue weighted by Crippen LogP contribution is -2.22. The van der Waals surface area contributed by atoms with E-state index in [9.17, 15) is 4.79 Å². The molecule has 7 nitrogen and oxygen atoms in total. The summed E-state index contributed by atoms with van der Waals surface area (Å²) in [6.45, 7) is 4.30. The minimum atomic E-state index is -0.742. The normalized spacial score (nSPS) is 17.5. The number of ether oxygens (including phenoxy) is 1. The van der Waals surface area contributed by atoms with Crippen LogP contribution in [0.4, 0.5) is 0 Å². The first-order valence-electron chi connectivity index (χ1n) is 7.66. The molecule has 0 amide bonds. The van der Waals surface area contributed by atoms with Gasteiger partial charge in [0.25, 0.3) is 0 Å². The lowest BCUT2D eigenvalue weighted by Gasteiger charge is -2.11. The quantitative estimate of drug-likeness (QED) is 0.853. The van der Waals surface area contributed by atoms with Gasteiger partial charge in [0.15, 0.2) is 0 Å². The van der Waals surface area contributed by atoms with Crippen molar-refractivity contribution in [2.24, 2.45) is 5.92 Å². The van der Waals surface area contributed by atoms with Gasteiger partial charge in [-0.25, -0.2) is 0 Å². The number of nitrogens with zero attached hydrogens (tertiary/aromatic N) is 3. The molecular formula is C16H20ClN3O4. The van der Waals surface area contributed by atoms with Crippen LogP contribution in [0.5, 0.6) is 5.75 Å². The Morgan fingerprint density at radius 2 is 2.17 bits per heavy atom. The molecule has 1 atom stereocenters. The number of halogens is 1. The third-order valence-electron chi connectivity index (χ3n) is 3.87. The van der Waals surface area contributed by atoms with Crippen LogP contribution in [0, 0.1) is 5.92 Å². The zero-order chi connectivity index (χ0) is 16.2. The third-order valence-corrected chi connectivity index (χ3v) is 3.87. The smallest absolute Gasteiger partial charge is 0.307 e. The minimum Gasteiger partial charge on any atom is -0.494 e. The summed E-state index contributed by atoms with van der Waals surface area (Å²) in [5.74, 6) is 0.783. The highest BCUT2D eigenvalue weighted by Gasteiger charge is 2.28. The highest BCUT2D eigenvalue weighted by Crippen LogP contribution is 2.22. The Bertz CT molecular complexity index is 674. The molecule has 3 rings (SSSR count). The van der Waals surface area contributed by atoms with E-state index in [1.165, 1.54) is 0 Å². The highest BCUT2D eigenvalue weighted by molar-refractivity contribution is 5.85. The van der Waals surface area contributed by atoms with Gasteiger partial charge in [0.1, 0.15) is 5.75 Å². The molecule has 0 bridgehead atoms. The number of aromatic nitrogens is 2.